The first-order valence-electron chi connectivity index (χ1n) is 3.33. The molecular weight excluding hydrogens is 112 g/mol. The maximum Gasteiger partial charge on any atom is 0.00793 e. The van der Waals surface area contributed by atoms with Crippen LogP contribution < -0.4 is 10.6 Å². The van der Waals surface area contributed by atoms with Crippen molar-refractivity contribution in [1.29, 1.82) is 0 Å². The molecule has 1 atom stereocenters. The molecular formula is C7H16N2. The maximum atomic E-state index is 3.66. The summed E-state index contributed by atoms with van der Waals surface area (Å²) in [5.41, 5.74) is 0. The van der Waals surface area contributed by atoms with Gasteiger partial charge in [-0.3, -0.25) is 0 Å². The largest absolute Gasteiger partial charge is 0.317 e. The van der Waals surface area contributed by atoms with Crippen LogP contribution in [0.2, 0.25) is 0 Å². The summed E-state index contributed by atoms with van der Waals surface area (Å²) in [5, 5.41) is 6.05. The lowest BCUT2D eigenvalue weighted by atomic mass is 10.2. The summed E-state index contributed by atoms with van der Waals surface area (Å²) in [4.78, 5) is 0. The molecule has 0 aromatic carbocycles. The summed E-state index contributed by atoms with van der Waals surface area (Å²) < 4.78 is 0. The van der Waals surface area contributed by atoms with Crippen LogP contribution in [-0.4, -0.2) is 19.1 Å². The fourth-order valence-corrected chi connectivity index (χ4v) is 0.546. The van der Waals surface area contributed by atoms with E-state index in [1.807, 2.05) is 0 Å². The van der Waals surface area contributed by atoms with Crippen molar-refractivity contribution in [2.75, 3.05) is 13.1 Å². The van der Waals surface area contributed by atoms with Crippen LogP contribution in [0.4, 0.5) is 0 Å². The molecule has 0 saturated heterocycles. The van der Waals surface area contributed by atoms with Crippen molar-refractivity contribution in [1.82, 2.24) is 10.6 Å². The second-order valence-corrected chi connectivity index (χ2v) is 2.14. The van der Waals surface area contributed by atoms with Crippen molar-refractivity contribution >= 4 is 0 Å². The Kier molecular flexibility index (Phi) is 5.99. The standard InChI is InChI=1S/C7H16N2/c1-4-9-6-5-7(2)8-3/h7-9H,1,3-6H2,2H3. The van der Waals surface area contributed by atoms with E-state index in [0.717, 1.165) is 19.5 Å². The van der Waals surface area contributed by atoms with E-state index >= 15 is 0 Å². The van der Waals surface area contributed by atoms with Crippen molar-refractivity contribution in [3.63, 3.8) is 0 Å². The molecule has 0 aliphatic carbocycles. The third-order valence-corrected chi connectivity index (χ3v) is 1.28. The molecule has 0 aromatic heterocycles. The molecule has 54 valence electrons. The Morgan fingerprint density at radius 1 is 1.56 bits per heavy atom. The van der Waals surface area contributed by atoms with E-state index in [4.69, 9.17) is 0 Å². The molecule has 0 amide bonds. The van der Waals surface area contributed by atoms with Gasteiger partial charge >= 0.3 is 0 Å². The zero-order valence-corrected chi connectivity index (χ0v) is 6.11. The molecule has 0 aliphatic heterocycles. The van der Waals surface area contributed by atoms with Crippen molar-refractivity contribution in [3.05, 3.63) is 14.0 Å². The van der Waals surface area contributed by atoms with Gasteiger partial charge in [-0.1, -0.05) is 0 Å². The average Bonchev–Trinajstić information content (AvgIpc) is 1.89. The zero-order chi connectivity index (χ0) is 7.11. The summed E-state index contributed by atoms with van der Waals surface area (Å²) in [6.45, 7) is 7.60. The summed E-state index contributed by atoms with van der Waals surface area (Å²) in [6.07, 6.45) is 1.11. The lowest BCUT2D eigenvalue weighted by Gasteiger charge is -2.08. The Morgan fingerprint density at radius 3 is 2.67 bits per heavy atom. The third-order valence-electron chi connectivity index (χ3n) is 1.28. The normalized spacial score (nSPS) is 13.7. The Morgan fingerprint density at radius 2 is 2.22 bits per heavy atom. The minimum Gasteiger partial charge on any atom is -0.317 e. The van der Waals surface area contributed by atoms with Gasteiger partial charge in [0.1, 0.15) is 0 Å². The van der Waals surface area contributed by atoms with Gasteiger partial charge in [-0.05, 0) is 33.4 Å². The third kappa shape index (κ3) is 5.80. The van der Waals surface area contributed by atoms with E-state index in [1.54, 1.807) is 0 Å². The quantitative estimate of drug-likeness (QED) is 0.529. The second kappa shape index (κ2) is 6.05. The zero-order valence-electron chi connectivity index (χ0n) is 6.11. The highest BCUT2D eigenvalue weighted by atomic mass is 14.9. The average molecular weight is 128 g/mol. The summed E-state index contributed by atoms with van der Waals surface area (Å²) in [6, 6.07) is 0.504. The SMILES string of the molecule is [CH2]CNCCC(C)N[CH2]. The number of hydrogen-bond acceptors (Lipinski definition) is 2. The lowest BCUT2D eigenvalue weighted by Crippen LogP contribution is -2.25. The highest BCUT2D eigenvalue weighted by molar-refractivity contribution is 4.60. The molecule has 1 unspecified atom stereocenters. The first kappa shape index (κ1) is 8.92. The summed E-state index contributed by atoms with van der Waals surface area (Å²) in [5.74, 6) is 0. The van der Waals surface area contributed by atoms with Crippen LogP contribution in [0.3, 0.4) is 0 Å². The highest BCUT2D eigenvalue weighted by Crippen LogP contribution is 1.85. The molecule has 0 bridgehead atoms. The second-order valence-electron chi connectivity index (χ2n) is 2.14. The van der Waals surface area contributed by atoms with E-state index in [1.165, 1.54) is 0 Å². The smallest absolute Gasteiger partial charge is 0.00793 e. The Labute approximate surface area is 58.0 Å². The van der Waals surface area contributed by atoms with Crippen LogP contribution >= 0.6 is 0 Å². The Balaban J connectivity index is 2.88. The molecule has 0 fully saturated rings. The van der Waals surface area contributed by atoms with Gasteiger partial charge in [0.25, 0.3) is 0 Å². The molecule has 0 saturated carbocycles. The van der Waals surface area contributed by atoms with E-state index < -0.39 is 0 Å². The summed E-state index contributed by atoms with van der Waals surface area (Å²) in [7, 11) is 3.57. The van der Waals surface area contributed by atoms with Gasteiger partial charge in [0.05, 0.1) is 0 Å². The van der Waals surface area contributed by atoms with Crippen molar-refractivity contribution in [2.24, 2.45) is 0 Å². The summed E-state index contributed by atoms with van der Waals surface area (Å²) >= 11 is 0. The molecule has 2 radical (unpaired) electrons. The minimum atomic E-state index is 0.504. The van der Waals surface area contributed by atoms with Crippen LogP contribution in [-0.2, 0) is 0 Å². The van der Waals surface area contributed by atoms with Gasteiger partial charge in [0.2, 0.25) is 0 Å². The van der Waals surface area contributed by atoms with Crippen LogP contribution in [0.15, 0.2) is 0 Å². The Bertz CT molecular complexity index is 54.9. The molecule has 0 spiro atoms. The van der Waals surface area contributed by atoms with Crippen LogP contribution in [0.25, 0.3) is 0 Å². The minimum absolute atomic E-state index is 0.504. The molecule has 0 heterocycles. The lowest BCUT2D eigenvalue weighted by molar-refractivity contribution is 0.555. The van der Waals surface area contributed by atoms with Crippen molar-refractivity contribution < 1.29 is 0 Å². The molecule has 2 nitrogen and oxygen atoms in total. The molecule has 9 heavy (non-hydrogen) atoms. The molecule has 2 N–H and O–H groups in total. The van der Waals surface area contributed by atoms with Gasteiger partial charge in [-0.25, -0.2) is 0 Å². The van der Waals surface area contributed by atoms with E-state index in [-0.39, 0.29) is 0 Å². The van der Waals surface area contributed by atoms with Crippen molar-refractivity contribution in [3.8, 4) is 0 Å². The van der Waals surface area contributed by atoms with Gasteiger partial charge in [-0.2, -0.15) is 0 Å². The topological polar surface area (TPSA) is 24.1 Å². The van der Waals surface area contributed by atoms with Gasteiger partial charge in [0, 0.05) is 13.1 Å². The van der Waals surface area contributed by atoms with Crippen molar-refractivity contribution in [2.45, 2.75) is 19.4 Å². The number of nitrogens with one attached hydrogen (secondary N) is 2. The monoisotopic (exact) mass is 128 g/mol. The van der Waals surface area contributed by atoms with Gasteiger partial charge in [0.15, 0.2) is 0 Å². The van der Waals surface area contributed by atoms with E-state index in [2.05, 4.69) is 31.5 Å². The van der Waals surface area contributed by atoms with Gasteiger partial charge < -0.3 is 10.6 Å². The molecule has 0 aliphatic rings. The molecule has 0 aromatic rings. The van der Waals surface area contributed by atoms with E-state index in [9.17, 15) is 0 Å². The highest BCUT2D eigenvalue weighted by Gasteiger charge is 1.94. The van der Waals surface area contributed by atoms with Crippen LogP contribution in [0.1, 0.15) is 13.3 Å². The predicted molar refractivity (Wildman–Crippen MR) is 40.8 cm³/mol. The number of rotatable bonds is 5. The fraction of sp³-hybridized carbons (Fsp3) is 0.714. The van der Waals surface area contributed by atoms with Crippen LogP contribution in [0.5, 0.6) is 0 Å². The van der Waals surface area contributed by atoms with Crippen LogP contribution in [0, 0.1) is 14.0 Å². The number of hydrogen-bond donors (Lipinski definition) is 2. The first-order chi connectivity index (χ1) is 4.31. The first-order valence-corrected chi connectivity index (χ1v) is 3.33. The maximum absolute atomic E-state index is 3.66. The fourth-order valence-electron chi connectivity index (χ4n) is 0.546. The molecule has 2 heteroatoms. The van der Waals surface area contributed by atoms with E-state index in [0.29, 0.717) is 6.04 Å². The molecule has 0 rings (SSSR count). The van der Waals surface area contributed by atoms with Gasteiger partial charge in [-0.15, -0.1) is 0 Å². The Hall–Kier alpha value is -0.0800. The predicted octanol–water partition coefficient (Wildman–Crippen LogP) is 0.570.